The fourth-order valence-electron chi connectivity index (χ4n) is 3.27. The number of sulfonamides is 1. The van der Waals surface area contributed by atoms with Gasteiger partial charge in [-0.2, -0.15) is 4.31 Å². The Balaban J connectivity index is 2.37. The van der Waals surface area contributed by atoms with Gasteiger partial charge in [0.05, 0.1) is 5.88 Å². The van der Waals surface area contributed by atoms with Gasteiger partial charge in [-0.05, 0) is 32.6 Å². The summed E-state index contributed by atoms with van der Waals surface area (Å²) in [4.78, 5) is 0.260. The van der Waals surface area contributed by atoms with Gasteiger partial charge in [-0.15, -0.1) is 11.6 Å². The molecule has 2 unspecified atom stereocenters. The van der Waals surface area contributed by atoms with Crippen molar-refractivity contribution >= 4 is 21.6 Å². The summed E-state index contributed by atoms with van der Waals surface area (Å²) in [6, 6.07) is 0.0662. The average Bonchev–Trinajstić information content (AvgIpc) is 2.72. The Morgan fingerprint density at radius 1 is 1.29 bits per heavy atom. The summed E-state index contributed by atoms with van der Waals surface area (Å²) in [5.74, 6) is 1.73. The van der Waals surface area contributed by atoms with Crippen molar-refractivity contribution in [1.82, 2.24) is 4.31 Å². The molecule has 0 aromatic carbocycles. The normalized spacial score (nSPS) is 23.7. The SMILES string of the molecule is Cc1oc(C)c(S(=O)(=O)N(C)C2CCCC(C)C2)c1CCl. The van der Waals surface area contributed by atoms with Crippen LogP contribution in [0.15, 0.2) is 9.31 Å². The van der Waals surface area contributed by atoms with Crippen molar-refractivity contribution in [1.29, 1.82) is 0 Å². The molecule has 2 atom stereocenters. The predicted molar refractivity (Wildman–Crippen MR) is 84.1 cm³/mol. The molecular weight excluding hydrogens is 310 g/mol. The lowest BCUT2D eigenvalue weighted by Crippen LogP contribution is -2.40. The van der Waals surface area contributed by atoms with E-state index in [0.29, 0.717) is 23.0 Å². The van der Waals surface area contributed by atoms with E-state index in [9.17, 15) is 8.42 Å². The highest BCUT2D eigenvalue weighted by atomic mass is 35.5. The molecule has 0 saturated heterocycles. The molecule has 1 aliphatic carbocycles. The van der Waals surface area contributed by atoms with E-state index in [1.807, 2.05) is 0 Å². The zero-order valence-corrected chi connectivity index (χ0v) is 14.7. The van der Waals surface area contributed by atoms with Crippen LogP contribution >= 0.6 is 11.6 Å². The molecule has 1 aromatic rings. The van der Waals surface area contributed by atoms with Gasteiger partial charge in [0.1, 0.15) is 16.4 Å². The minimum Gasteiger partial charge on any atom is -0.465 e. The lowest BCUT2D eigenvalue weighted by Gasteiger charge is -2.33. The highest BCUT2D eigenvalue weighted by Crippen LogP contribution is 2.34. The van der Waals surface area contributed by atoms with Gasteiger partial charge in [-0.25, -0.2) is 8.42 Å². The van der Waals surface area contributed by atoms with Crippen LogP contribution < -0.4 is 0 Å². The summed E-state index contributed by atoms with van der Waals surface area (Å²) in [7, 11) is -1.88. The first-order chi connectivity index (χ1) is 9.78. The Labute approximate surface area is 132 Å². The van der Waals surface area contributed by atoms with Gasteiger partial charge in [-0.3, -0.25) is 0 Å². The minimum absolute atomic E-state index is 0.0662. The number of rotatable bonds is 4. The van der Waals surface area contributed by atoms with E-state index >= 15 is 0 Å². The maximum Gasteiger partial charge on any atom is 0.246 e. The third-order valence-corrected chi connectivity index (χ3v) is 6.89. The number of furan rings is 1. The van der Waals surface area contributed by atoms with Crippen molar-refractivity contribution in [2.45, 2.75) is 63.3 Å². The van der Waals surface area contributed by atoms with Crippen molar-refractivity contribution in [2.24, 2.45) is 5.92 Å². The van der Waals surface area contributed by atoms with Crippen molar-refractivity contribution in [3.8, 4) is 0 Å². The van der Waals surface area contributed by atoms with Gasteiger partial charge in [0, 0.05) is 18.7 Å². The molecule has 0 aliphatic heterocycles. The summed E-state index contributed by atoms with van der Waals surface area (Å²) in [6.45, 7) is 5.63. The highest BCUT2D eigenvalue weighted by Gasteiger charge is 2.35. The van der Waals surface area contributed by atoms with Crippen LogP contribution in [0.1, 0.15) is 49.7 Å². The van der Waals surface area contributed by atoms with Crippen LogP contribution in [0.4, 0.5) is 0 Å². The summed E-state index contributed by atoms with van der Waals surface area (Å²) in [5.41, 5.74) is 0.588. The Hall–Kier alpha value is -0.520. The summed E-state index contributed by atoms with van der Waals surface area (Å²) in [6.07, 6.45) is 4.10. The summed E-state index contributed by atoms with van der Waals surface area (Å²) in [5, 5.41) is 0. The van der Waals surface area contributed by atoms with Crippen LogP contribution in [0, 0.1) is 19.8 Å². The zero-order valence-electron chi connectivity index (χ0n) is 13.1. The standard InChI is InChI=1S/C15H24ClNO3S/c1-10-6-5-7-13(8-10)17(4)21(18,19)15-12(3)20-11(2)14(15)9-16/h10,13H,5-9H2,1-4H3. The quantitative estimate of drug-likeness (QED) is 0.787. The smallest absolute Gasteiger partial charge is 0.246 e. The number of hydrogen-bond donors (Lipinski definition) is 0. The molecule has 6 heteroatoms. The van der Waals surface area contributed by atoms with E-state index in [1.165, 1.54) is 10.7 Å². The number of nitrogens with zero attached hydrogens (tertiary/aromatic N) is 1. The first-order valence-corrected chi connectivity index (χ1v) is 9.39. The number of hydrogen-bond acceptors (Lipinski definition) is 3. The molecule has 21 heavy (non-hydrogen) atoms. The molecule has 4 nitrogen and oxygen atoms in total. The van der Waals surface area contributed by atoms with E-state index < -0.39 is 10.0 Å². The van der Waals surface area contributed by atoms with E-state index in [1.54, 1.807) is 20.9 Å². The van der Waals surface area contributed by atoms with Crippen LogP contribution in [0.2, 0.25) is 0 Å². The lowest BCUT2D eigenvalue weighted by atomic mass is 9.87. The maximum absolute atomic E-state index is 13.0. The van der Waals surface area contributed by atoms with Gasteiger partial charge >= 0.3 is 0 Å². The molecule has 1 fully saturated rings. The number of halogens is 1. The number of alkyl halides is 1. The molecule has 1 saturated carbocycles. The molecule has 0 bridgehead atoms. The van der Waals surface area contributed by atoms with Crippen molar-refractivity contribution < 1.29 is 12.8 Å². The molecular formula is C15H24ClNO3S. The second-order valence-corrected chi connectivity index (χ2v) is 8.30. The van der Waals surface area contributed by atoms with Crippen molar-refractivity contribution in [2.75, 3.05) is 7.05 Å². The Morgan fingerprint density at radius 2 is 1.95 bits per heavy atom. The van der Waals surface area contributed by atoms with E-state index in [-0.39, 0.29) is 16.8 Å². The topological polar surface area (TPSA) is 50.5 Å². The van der Waals surface area contributed by atoms with Crippen LogP contribution in [-0.2, 0) is 15.9 Å². The average molecular weight is 334 g/mol. The summed E-state index contributed by atoms with van der Waals surface area (Å²) < 4.78 is 32.9. The molecule has 120 valence electrons. The van der Waals surface area contributed by atoms with Gasteiger partial charge in [0.25, 0.3) is 0 Å². The first-order valence-electron chi connectivity index (χ1n) is 7.41. The molecule has 1 aromatic heterocycles. The van der Waals surface area contributed by atoms with Crippen molar-refractivity contribution in [3.05, 3.63) is 17.1 Å². The molecule has 0 radical (unpaired) electrons. The predicted octanol–water partition coefficient (Wildman–Crippen LogP) is 3.83. The van der Waals surface area contributed by atoms with Crippen LogP contribution in [0.3, 0.4) is 0 Å². The van der Waals surface area contributed by atoms with Crippen LogP contribution in [-0.4, -0.2) is 25.8 Å². The number of aryl methyl sites for hydroxylation is 2. The first kappa shape index (κ1) is 16.8. The minimum atomic E-state index is -3.56. The summed E-state index contributed by atoms with van der Waals surface area (Å²) >= 11 is 5.93. The third-order valence-electron chi connectivity index (χ3n) is 4.52. The van der Waals surface area contributed by atoms with E-state index in [2.05, 4.69) is 6.92 Å². The Morgan fingerprint density at radius 3 is 2.52 bits per heavy atom. The molecule has 1 aliphatic rings. The Kier molecular flexibility index (Phi) is 5.06. The second-order valence-electron chi connectivity index (χ2n) is 6.10. The molecule has 2 rings (SSSR count). The monoisotopic (exact) mass is 333 g/mol. The van der Waals surface area contributed by atoms with Crippen LogP contribution in [0.25, 0.3) is 0 Å². The second kappa shape index (κ2) is 6.31. The van der Waals surface area contributed by atoms with E-state index in [0.717, 1.165) is 19.3 Å². The van der Waals surface area contributed by atoms with Crippen LogP contribution in [0.5, 0.6) is 0 Å². The molecule has 0 amide bonds. The fourth-order valence-corrected chi connectivity index (χ4v) is 5.48. The van der Waals surface area contributed by atoms with Gasteiger partial charge in [-0.1, -0.05) is 19.8 Å². The Bertz CT molecular complexity index is 609. The van der Waals surface area contributed by atoms with Gasteiger partial charge < -0.3 is 4.42 Å². The molecule has 0 spiro atoms. The molecule has 0 N–H and O–H groups in total. The zero-order chi connectivity index (χ0) is 15.8. The van der Waals surface area contributed by atoms with Crippen molar-refractivity contribution in [3.63, 3.8) is 0 Å². The fraction of sp³-hybridized carbons (Fsp3) is 0.733. The third kappa shape index (κ3) is 3.15. The molecule has 1 heterocycles. The highest BCUT2D eigenvalue weighted by molar-refractivity contribution is 7.89. The maximum atomic E-state index is 13.0. The largest absolute Gasteiger partial charge is 0.465 e. The van der Waals surface area contributed by atoms with Gasteiger partial charge in [0.15, 0.2) is 0 Å². The lowest BCUT2D eigenvalue weighted by molar-refractivity contribution is 0.239. The van der Waals surface area contributed by atoms with E-state index in [4.69, 9.17) is 16.0 Å². The van der Waals surface area contributed by atoms with Gasteiger partial charge in [0.2, 0.25) is 10.0 Å².